The van der Waals surface area contributed by atoms with Crippen molar-refractivity contribution >= 4 is 0 Å². The summed E-state index contributed by atoms with van der Waals surface area (Å²) in [5.41, 5.74) is 10.9. The van der Waals surface area contributed by atoms with Gasteiger partial charge in [0.25, 0.3) is 0 Å². The summed E-state index contributed by atoms with van der Waals surface area (Å²) in [6.45, 7) is 9.07. The lowest BCUT2D eigenvalue weighted by Gasteiger charge is -2.40. The molecule has 0 radical (unpaired) electrons. The Morgan fingerprint density at radius 2 is 1.94 bits per heavy atom. The largest absolute Gasteiger partial charge is 0.327 e. The minimum absolute atomic E-state index is 0.252. The van der Waals surface area contributed by atoms with Gasteiger partial charge in [0.2, 0.25) is 0 Å². The molecular formula is C15H23N. The highest BCUT2D eigenvalue weighted by Crippen LogP contribution is 2.43. The van der Waals surface area contributed by atoms with Crippen molar-refractivity contribution < 1.29 is 0 Å². The highest BCUT2D eigenvalue weighted by atomic mass is 14.7. The summed E-state index contributed by atoms with van der Waals surface area (Å²) in [5, 5.41) is 0. The quantitative estimate of drug-likeness (QED) is 0.708. The van der Waals surface area contributed by atoms with Crippen molar-refractivity contribution in [2.75, 3.05) is 0 Å². The molecule has 0 amide bonds. The fourth-order valence-electron chi connectivity index (χ4n) is 3.06. The molecule has 0 heterocycles. The van der Waals surface area contributed by atoms with Crippen LogP contribution in [0.2, 0.25) is 0 Å². The van der Waals surface area contributed by atoms with Crippen LogP contribution in [0.3, 0.4) is 0 Å². The minimum Gasteiger partial charge on any atom is -0.327 e. The normalized spacial score (nSPS) is 25.3. The predicted octanol–water partition coefficient (Wildman–Crippen LogP) is 3.40. The zero-order chi connectivity index (χ0) is 11.9. The van der Waals surface area contributed by atoms with Gasteiger partial charge in [0.15, 0.2) is 0 Å². The van der Waals surface area contributed by atoms with Crippen molar-refractivity contribution in [1.82, 2.24) is 0 Å². The molecule has 2 atom stereocenters. The Morgan fingerprint density at radius 1 is 1.25 bits per heavy atom. The Balaban J connectivity index is 2.51. The molecule has 1 nitrogen and oxygen atoms in total. The molecule has 2 unspecified atom stereocenters. The Hall–Kier alpha value is -0.820. The first-order valence-electron chi connectivity index (χ1n) is 6.24. The average molecular weight is 217 g/mol. The molecule has 0 bridgehead atoms. The molecule has 1 aliphatic rings. The van der Waals surface area contributed by atoms with Crippen LogP contribution in [0.1, 0.15) is 49.8 Å². The molecule has 0 saturated heterocycles. The van der Waals surface area contributed by atoms with Crippen molar-refractivity contribution in [2.45, 2.75) is 52.5 Å². The number of hydrogen-bond donors (Lipinski definition) is 1. The van der Waals surface area contributed by atoms with E-state index in [0.29, 0.717) is 12.0 Å². The minimum atomic E-state index is 0.252. The second kappa shape index (κ2) is 3.89. The SMILES string of the molecule is Cc1ccc2c(c1)C(C(C)(C)C)C(N)CC2. The average Bonchev–Trinajstić information content (AvgIpc) is 2.14. The highest BCUT2D eigenvalue weighted by Gasteiger charge is 2.35. The van der Waals surface area contributed by atoms with Gasteiger partial charge in [-0.2, -0.15) is 0 Å². The maximum Gasteiger partial charge on any atom is 0.0116 e. The number of aryl methyl sites for hydroxylation is 2. The topological polar surface area (TPSA) is 26.0 Å². The first kappa shape index (κ1) is 11.7. The Labute approximate surface area is 99.0 Å². The number of benzene rings is 1. The lowest BCUT2D eigenvalue weighted by Crippen LogP contribution is -2.40. The van der Waals surface area contributed by atoms with E-state index < -0.39 is 0 Å². The second-order valence-electron chi connectivity index (χ2n) is 6.25. The summed E-state index contributed by atoms with van der Waals surface area (Å²) in [4.78, 5) is 0. The lowest BCUT2D eigenvalue weighted by molar-refractivity contribution is 0.260. The fourth-order valence-corrected chi connectivity index (χ4v) is 3.06. The first-order valence-corrected chi connectivity index (χ1v) is 6.24. The van der Waals surface area contributed by atoms with Gasteiger partial charge in [0.05, 0.1) is 0 Å². The van der Waals surface area contributed by atoms with Crippen LogP contribution in [0.15, 0.2) is 18.2 Å². The summed E-state index contributed by atoms with van der Waals surface area (Å²) in [5.74, 6) is 0.496. The fraction of sp³-hybridized carbons (Fsp3) is 0.600. The van der Waals surface area contributed by atoms with Crippen molar-refractivity contribution in [3.8, 4) is 0 Å². The molecule has 2 N–H and O–H groups in total. The van der Waals surface area contributed by atoms with E-state index in [1.807, 2.05) is 0 Å². The highest BCUT2D eigenvalue weighted by molar-refractivity contribution is 5.38. The monoisotopic (exact) mass is 217 g/mol. The van der Waals surface area contributed by atoms with E-state index >= 15 is 0 Å². The van der Waals surface area contributed by atoms with Gasteiger partial charge in [0.1, 0.15) is 0 Å². The summed E-state index contributed by atoms with van der Waals surface area (Å²) in [7, 11) is 0. The summed E-state index contributed by atoms with van der Waals surface area (Å²) in [6.07, 6.45) is 2.27. The van der Waals surface area contributed by atoms with E-state index in [9.17, 15) is 0 Å². The van der Waals surface area contributed by atoms with Crippen LogP contribution in [0.4, 0.5) is 0 Å². The van der Waals surface area contributed by atoms with E-state index in [1.54, 1.807) is 0 Å². The van der Waals surface area contributed by atoms with Crippen LogP contribution >= 0.6 is 0 Å². The number of rotatable bonds is 0. The van der Waals surface area contributed by atoms with Crippen LogP contribution < -0.4 is 5.73 Å². The van der Waals surface area contributed by atoms with Crippen molar-refractivity contribution in [3.63, 3.8) is 0 Å². The Bertz CT molecular complexity index is 387. The molecule has 1 aromatic carbocycles. The molecule has 0 fully saturated rings. The third-order valence-corrected chi connectivity index (χ3v) is 3.74. The zero-order valence-electron chi connectivity index (χ0n) is 10.9. The maximum atomic E-state index is 6.33. The van der Waals surface area contributed by atoms with Gasteiger partial charge in [-0.1, -0.05) is 44.5 Å². The van der Waals surface area contributed by atoms with Crippen molar-refractivity contribution in [1.29, 1.82) is 0 Å². The summed E-state index contributed by atoms with van der Waals surface area (Å²) < 4.78 is 0. The Morgan fingerprint density at radius 3 is 2.56 bits per heavy atom. The second-order valence-corrected chi connectivity index (χ2v) is 6.25. The van der Waals surface area contributed by atoms with Crippen LogP contribution in [-0.2, 0) is 6.42 Å². The van der Waals surface area contributed by atoms with Crippen LogP contribution in [-0.4, -0.2) is 6.04 Å². The first-order chi connectivity index (χ1) is 7.39. The standard InChI is InChI=1S/C15H23N/c1-10-5-6-11-7-8-13(16)14(12(11)9-10)15(2,3)4/h5-6,9,13-14H,7-8,16H2,1-4H3. The molecule has 1 aromatic rings. The maximum absolute atomic E-state index is 6.33. The van der Waals surface area contributed by atoms with Crippen LogP contribution in [0.25, 0.3) is 0 Å². The van der Waals surface area contributed by atoms with Gasteiger partial charge in [0, 0.05) is 12.0 Å². The number of nitrogens with two attached hydrogens (primary N) is 1. The Kier molecular flexibility index (Phi) is 2.83. The van der Waals surface area contributed by atoms with Crippen molar-refractivity contribution in [3.05, 3.63) is 34.9 Å². The molecular weight excluding hydrogens is 194 g/mol. The molecule has 2 rings (SSSR count). The third kappa shape index (κ3) is 2.01. The van der Waals surface area contributed by atoms with Gasteiger partial charge in [-0.05, 0) is 36.3 Å². The van der Waals surface area contributed by atoms with Crippen molar-refractivity contribution in [2.24, 2.45) is 11.1 Å². The molecule has 88 valence electrons. The zero-order valence-corrected chi connectivity index (χ0v) is 10.9. The van der Waals surface area contributed by atoms with Crippen LogP contribution in [0, 0.1) is 12.3 Å². The molecule has 16 heavy (non-hydrogen) atoms. The van der Waals surface area contributed by atoms with Gasteiger partial charge >= 0.3 is 0 Å². The van der Waals surface area contributed by atoms with E-state index in [4.69, 9.17) is 5.73 Å². The van der Waals surface area contributed by atoms with E-state index in [1.165, 1.54) is 16.7 Å². The van der Waals surface area contributed by atoms with E-state index in [2.05, 4.69) is 45.9 Å². The molecule has 1 aliphatic carbocycles. The molecule has 0 aliphatic heterocycles. The number of hydrogen-bond acceptors (Lipinski definition) is 1. The third-order valence-electron chi connectivity index (χ3n) is 3.74. The van der Waals surface area contributed by atoms with Gasteiger partial charge < -0.3 is 5.73 Å². The van der Waals surface area contributed by atoms with E-state index in [0.717, 1.165) is 12.8 Å². The van der Waals surface area contributed by atoms with Gasteiger partial charge in [-0.3, -0.25) is 0 Å². The van der Waals surface area contributed by atoms with Crippen LogP contribution in [0.5, 0.6) is 0 Å². The number of fused-ring (bicyclic) bond motifs is 1. The molecule has 1 heteroatoms. The lowest BCUT2D eigenvalue weighted by atomic mass is 9.67. The van der Waals surface area contributed by atoms with Gasteiger partial charge in [-0.15, -0.1) is 0 Å². The summed E-state index contributed by atoms with van der Waals surface area (Å²) >= 11 is 0. The summed E-state index contributed by atoms with van der Waals surface area (Å²) in [6, 6.07) is 7.16. The predicted molar refractivity (Wildman–Crippen MR) is 69.7 cm³/mol. The molecule has 0 aromatic heterocycles. The molecule has 0 saturated carbocycles. The van der Waals surface area contributed by atoms with E-state index in [-0.39, 0.29) is 5.41 Å². The smallest absolute Gasteiger partial charge is 0.0116 e. The van der Waals surface area contributed by atoms with Gasteiger partial charge in [-0.25, -0.2) is 0 Å². The molecule has 0 spiro atoms.